The lowest BCUT2D eigenvalue weighted by Crippen LogP contribution is -2.47. The second-order valence-electron chi connectivity index (χ2n) is 7.08. The first-order chi connectivity index (χ1) is 13.3. The number of halogens is 2. The van der Waals surface area contributed by atoms with E-state index in [0.717, 1.165) is 5.69 Å². The molecule has 1 aliphatic heterocycles. The summed E-state index contributed by atoms with van der Waals surface area (Å²) in [7, 11) is 1.51. The van der Waals surface area contributed by atoms with Gasteiger partial charge in [-0.05, 0) is 32.0 Å². The van der Waals surface area contributed by atoms with Crippen LogP contribution in [-0.2, 0) is 0 Å². The molecule has 1 aromatic heterocycles. The molecule has 1 fully saturated rings. The first-order valence-corrected chi connectivity index (χ1v) is 9.55. The average Bonchev–Trinajstić information content (AvgIpc) is 2.66. The number of carbonyl (C=O) groups is 1. The number of likely N-dealkylation sites (tertiary alicyclic amines) is 1. The fourth-order valence-corrected chi connectivity index (χ4v) is 3.53. The molecule has 6 nitrogen and oxygen atoms in total. The minimum Gasteiger partial charge on any atom is -0.496 e. The Labute approximate surface area is 169 Å². The molecule has 28 heavy (non-hydrogen) atoms. The van der Waals surface area contributed by atoms with Crippen LogP contribution in [0.15, 0.2) is 24.3 Å². The third-order valence-electron chi connectivity index (χ3n) is 4.89. The van der Waals surface area contributed by atoms with E-state index in [4.69, 9.17) is 16.3 Å². The van der Waals surface area contributed by atoms with Gasteiger partial charge in [0, 0.05) is 42.7 Å². The van der Waals surface area contributed by atoms with E-state index in [1.165, 1.54) is 7.11 Å². The topological polar surface area (TPSA) is 67.3 Å². The number of aromatic nitrogens is 2. The van der Waals surface area contributed by atoms with Crippen molar-refractivity contribution in [2.75, 3.05) is 32.1 Å². The number of benzene rings is 1. The van der Waals surface area contributed by atoms with Crippen LogP contribution < -0.4 is 10.1 Å². The molecule has 0 atom stereocenters. The van der Waals surface area contributed by atoms with Crippen molar-refractivity contribution in [2.45, 2.75) is 32.4 Å². The van der Waals surface area contributed by atoms with E-state index in [2.05, 4.69) is 15.3 Å². The van der Waals surface area contributed by atoms with Gasteiger partial charge in [-0.15, -0.1) is 0 Å². The molecule has 1 saturated heterocycles. The van der Waals surface area contributed by atoms with E-state index >= 15 is 4.39 Å². The van der Waals surface area contributed by atoms with Gasteiger partial charge in [-0.3, -0.25) is 4.79 Å². The van der Waals surface area contributed by atoms with Crippen molar-refractivity contribution in [1.29, 1.82) is 0 Å². The lowest BCUT2D eigenvalue weighted by Gasteiger charge is -2.36. The molecule has 1 amide bonds. The number of nitrogens with one attached hydrogen (secondary N) is 1. The minimum absolute atomic E-state index is 0.144. The van der Waals surface area contributed by atoms with Crippen LogP contribution in [-0.4, -0.2) is 53.2 Å². The number of hydrogen-bond acceptors (Lipinski definition) is 5. The number of hydrogen-bond donors (Lipinski definition) is 1. The average molecular weight is 407 g/mol. The molecule has 3 rings (SSSR count). The van der Waals surface area contributed by atoms with Crippen molar-refractivity contribution in [3.63, 3.8) is 0 Å². The van der Waals surface area contributed by atoms with Gasteiger partial charge < -0.3 is 15.0 Å². The van der Waals surface area contributed by atoms with Crippen LogP contribution in [0.3, 0.4) is 0 Å². The second-order valence-corrected chi connectivity index (χ2v) is 7.52. The molecule has 0 saturated carbocycles. The van der Waals surface area contributed by atoms with Crippen molar-refractivity contribution in [3.05, 3.63) is 46.4 Å². The first-order valence-electron chi connectivity index (χ1n) is 9.17. The van der Waals surface area contributed by atoms with Crippen LogP contribution in [0.1, 0.15) is 34.7 Å². The summed E-state index contributed by atoms with van der Waals surface area (Å²) in [6.07, 6.45) is 0.495. The number of nitrogens with zero attached hydrogens (tertiary/aromatic N) is 3. The van der Waals surface area contributed by atoms with E-state index < -0.39 is 5.67 Å². The van der Waals surface area contributed by atoms with Crippen molar-refractivity contribution >= 4 is 23.3 Å². The highest BCUT2D eigenvalue weighted by Crippen LogP contribution is 2.30. The van der Waals surface area contributed by atoms with E-state index in [-0.39, 0.29) is 25.3 Å². The predicted molar refractivity (Wildman–Crippen MR) is 107 cm³/mol. The summed E-state index contributed by atoms with van der Waals surface area (Å²) in [5.41, 5.74) is -0.174. The van der Waals surface area contributed by atoms with Crippen molar-refractivity contribution < 1.29 is 13.9 Å². The highest BCUT2D eigenvalue weighted by Gasteiger charge is 2.36. The second kappa shape index (κ2) is 8.31. The Morgan fingerprint density at radius 1 is 1.29 bits per heavy atom. The molecule has 1 aliphatic rings. The van der Waals surface area contributed by atoms with Gasteiger partial charge >= 0.3 is 0 Å². The number of rotatable bonds is 5. The molecule has 150 valence electrons. The Kier molecular flexibility index (Phi) is 6.03. The summed E-state index contributed by atoms with van der Waals surface area (Å²) in [5, 5.41) is 3.53. The summed E-state index contributed by atoms with van der Waals surface area (Å²) >= 11 is 6.02. The van der Waals surface area contributed by atoms with Gasteiger partial charge in [-0.25, -0.2) is 14.4 Å². The number of piperidine rings is 1. The van der Waals surface area contributed by atoms with Gasteiger partial charge in [-0.2, -0.15) is 0 Å². The molecular formula is C20H24ClFN4O2. The number of methoxy groups -OCH3 is 1. The van der Waals surface area contributed by atoms with Gasteiger partial charge in [0.1, 0.15) is 23.1 Å². The van der Waals surface area contributed by atoms with Crippen molar-refractivity contribution in [1.82, 2.24) is 14.9 Å². The third-order valence-corrected chi connectivity index (χ3v) is 5.13. The number of carbonyl (C=O) groups excluding carboxylic acids is 1. The van der Waals surface area contributed by atoms with Crippen molar-refractivity contribution in [2.24, 2.45) is 0 Å². The zero-order valence-corrected chi connectivity index (χ0v) is 17.0. The minimum atomic E-state index is -1.40. The molecule has 1 aromatic carbocycles. The normalized spacial score (nSPS) is 16.0. The molecule has 0 spiro atoms. The summed E-state index contributed by atoms with van der Waals surface area (Å²) in [6, 6.07) is 6.71. The van der Waals surface area contributed by atoms with Gasteiger partial charge in [0.05, 0.1) is 19.2 Å². The maximum Gasteiger partial charge on any atom is 0.257 e. The smallest absolute Gasteiger partial charge is 0.257 e. The third kappa shape index (κ3) is 4.70. The number of alkyl halides is 1. The summed E-state index contributed by atoms with van der Waals surface area (Å²) in [5.74, 6) is 1.52. The molecule has 0 unspecified atom stereocenters. The lowest BCUT2D eigenvalue weighted by molar-refractivity contribution is 0.0481. The Morgan fingerprint density at radius 3 is 2.64 bits per heavy atom. The fourth-order valence-electron chi connectivity index (χ4n) is 3.36. The quantitative estimate of drug-likeness (QED) is 0.817. The highest BCUT2D eigenvalue weighted by molar-refractivity contribution is 6.31. The van der Waals surface area contributed by atoms with Gasteiger partial charge in [0.15, 0.2) is 0 Å². The van der Waals surface area contributed by atoms with Crippen LogP contribution in [0.25, 0.3) is 0 Å². The Bertz CT molecular complexity index is 849. The van der Waals surface area contributed by atoms with Crippen LogP contribution in [0.4, 0.5) is 10.2 Å². The summed E-state index contributed by atoms with van der Waals surface area (Å²) in [4.78, 5) is 23.0. The maximum atomic E-state index is 15.2. The summed E-state index contributed by atoms with van der Waals surface area (Å²) in [6.45, 7) is 4.48. The largest absolute Gasteiger partial charge is 0.496 e. The monoisotopic (exact) mass is 406 g/mol. The van der Waals surface area contributed by atoms with Crippen LogP contribution in [0.2, 0.25) is 5.02 Å². The van der Waals surface area contributed by atoms with E-state index in [9.17, 15) is 4.79 Å². The molecule has 1 N–H and O–H groups in total. The van der Waals surface area contributed by atoms with Crippen LogP contribution in [0.5, 0.6) is 5.75 Å². The standard InChI is InChI=1S/C20H24ClFN4O2/c1-13-10-18(25-14(2)24-13)23-12-20(22)6-8-26(9-7-20)19(27)16-11-15(21)4-5-17(16)28-3/h4-5,10-11H,6-9,12H2,1-3H3,(H,23,24,25). The SMILES string of the molecule is COc1ccc(Cl)cc1C(=O)N1CCC(F)(CNc2cc(C)nc(C)n2)CC1. The molecule has 0 aliphatic carbocycles. The zero-order chi connectivity index (χ0) is 20.3. The molecule has 2 aromatic rings. The van der Waals surface area contributed by atoms with Crippen LogP contribution in [0, 0.1) is 13.8 Å². The highest BCUT2D eigenvalue weighted by atomic mass is 35.5. The van der Waals surface area contributed by atoms with Gasteiger partial charge in [0.25, 0.3) is 5.91 Å². The van der Waals surface area contributed by atoms with Gasteiger partial charge in [-0.1, -0.05) is 11.6 Å². The Morgan fingerprint density at radius 2 is 2.00 bits per heavy atom. The molecule has 0 radical (unpaired) electrons. The molecule has 8 heteroatoms. The first kappa shape index (κ1) is 20.3. The van der Waals surface area contributed by atoms with E-state index in [1.54, 1.807) is 36.1 Å². The Hall–Kier alpha value is -2.41. The maximum absolute atomic E-state index is 15.2. The molecule has 2 heterocycles. The van der Waals surface area contributed by atoms with Gasteiger partial charge in [0.2, 0.25) is 0 Å². The number of aryl methyl sites for hydroxylation is 2. The lowest BCUT2D eigenvalue weighted by atomic mass is 9.92. The molecule has 0 bridgehead atoms. The fraction of sp³-hybridized carbons (Fsp3) is 0.450. The zero-order valence-electron chi connectivity index (χ0n) is 16.3. The van der Waals surface area contributed by atoms with Crippen molar-refractivity contribution in [3.8, 4) is 5.75 Å². The number of amides is 1. The number of ether oxygens (including phenoxy) is 1. The Balaban J connectivity index is 1.61. The number of anilines is 1. The van der Waals surface area contributed by atoms with Crippen LogP contribution >= 0.6 is 11.6 Å². The predicted octanol–water partition coefficient (Wildman–Crippen LogP) is 3.81. The van der Waals surface area contributed by atoms with E-state index in [1.807, 2.05) is 6.92 Å². The van der Waals surface area contributed by atoms with E-state index in [0.29, 0.717) is 41.1 Å². The molecular weight excluding hydrogens is 383 g/mol. The summed E-state index contributed by atoms with van der Waals surface area (Å²) < 4.78 is 20.5.